The summed E-state index contributed by atoms with van der Waals surface area (Å²) in [6, 6.07) is 20.6. The molecular formula is C27H29N3O4. The summed E-state index contributed by atoms with van der Waals surface area (Å²) in [5.41, 5.74) is 1.98. The molecule has 1 aliphatic rings. The lowest BCUT2D eigenvalue weighted by Crippen LogP contribution is -2.43. The first-order chi connectivity index (χ1) is 16.5. The van der Waals surface area contributed by atoms with Crippen LogP contribution < -0.4 is 10.2 Å². The van der Waals surface area contributed by atoms with Crippen molar-refractivity contribution in [3.05, 3.63) is 72.3 Å². The zero-order valence-corrected chi connectivity index (χ0v) is 19.5. The number of benzene rings is 3. The van der Waals surface area contributed by atoms with Crippen molar-refractivity contribution in [1.29, 1.82) is 0 Å². The van der Waals surface area contributed by atoms with Crippen LogP contribution in [0.1, 0.15) is 30.1 Å². The number of carbonyl (C=O) groups is 3. The molecule has 7 heteroatoms. The molecule has 0 spiro atoms. The summed E-state index contributed by atoms with van der Waals surface area (Å²) in [6.45, 7) is 3.09. The third kappa shape index (κ3) is 5.03. The van der Waals surface area contributed by atoms with E-state index in [-0.39, 0.29) is 17.7 Å². The fourth-order valence-electron chi connectivity index (χ4n) is 4.30. The molecule has 1 unspecified atom stereocenters. The van der Waals surface area contributed by atoms with Gasteiger partial charge in [0.2, 0.25) is 5.91 Å². The topological polar surface area (TPSA) is 79.0 Å². The van der Waals surface area contributed by atoms with Gasteiger partial charge in [0.25, 0.3) is 5.91 Å². The molecule has 3 amide bonds. The van der Waals surface area contributed by atoms with E-state index in [4.69, 9.17) is 4.74 Å². The van der Waals surface area contributed by atoms with Crippen LogP contribution in [0.15, 0.2) is 66.7 Å². The van der Waals surface area contributed by atoms with Gasteiger partial charge in [-0.15, -0.1) is 0 Å². The van der Waals surface area contributed by atoms with Crippen LogP contribution in [0.25, 0.3) is 10.8 Å². The van der Waals surface area contributed by atoms with Crippen LogP contribution in [0.3, 0.4) is 0 Å². The van der Waals surface area contributed by atoms with Crippen LogP contribution in [0.5, 0.6) is 0 Å². The van der Waals surface area contributed by atoms with Gasteiger partial charge in [-0.2, -0.15) is 0 Å². The van der Waals surface area contributed by atoms with Crippen molar-refractivity contribution in [1.82, 2.24) is 4.90 Å². The quantitative estimate of drug-likeness (QED) is 0.587. The number of carbonyl (C=O) groups excluding carboxylic acids is 3. The second-order valence-electron chi connectivity index (χ2n) is 8.41. The molecule has 176 valence electrons. The Morgan fingerprint density at radius 1 is 1.03 bits per heavy atom. The SMILES string of the molecule is CCOC(=O)N(C)c1ccc(NC(=O)C2CCCN(C(=O)c3cccc4ccccc34)C2)cc1. The summed E-state index contributed by atoms with van der Waals surface area (Å²) in [7, 11) is 1.63. The van der Waals surface area contributed by atoms with E-state index in [0.29, 0.717) is 36.6 Å². The van der Waals surface area contributed by atoms with Gasteiger partial charge in [0, 0.05) is 37.1 Å². The van der Waals surface area contributed by atoms with Crippen LogP contribution >= 0.6 is 0 Å². The molecule has 34 heavy (non-hydrogen) atoms. The molecule has 1 N–H and O–H groups in total. The first kappa shape index (κ1) is 23.3. The number of piperidine rings is 1. The van der Waals surface area contributed by atoms with E-state index in [1.54, 1.807) is 43.1 Å². The van der Waals surface area contributed by atoms with Crippen LogP contribution in [-0.4, -0.2) is 49.6 Å². The van der Waals surface area contributed by atoms with Crippen LogP contribution in [0.2, 0.25) is 0 Å². The summed E-state index contributed by atoms with van der Waals surface area (Å²) < 4.78 is 5.00. The Kier molecular flexibility index (Phi) is 7.11. The Labute approximate surface area is 199 Å². The number of anilines is 2. The van der Waals surface area contributed by atoms with Crippen LogP contribution in [-0.2, 0) is 9.53 Å². The van der Waals surface area contributed by atoms with Gasteiger partial charge in [-0.1, -0.05) is 36.4 Å². The minimum absolute atomic E-state index is 0.0411. The Morgan fingerprint density at radius 3 is 2.53 bits per heavy atom. The third-order valence-corrected chi connectivity index (χ3v) is 6.16. The van der Waals surface area contributed by atoms with Gasteiger partial charge in [0.05, 0.1) is 12.5 Å². The van der Waals surface area contributed by atoms with Crippen molar-refractivity contribution in [3.63, 3.8) is 0 Å². The molecule has 3 aromatic carbocycles. The molecule has 0 aromatic heterocycles. The zero-order chi connectivity index (χ0) is 24.1. The minimum atomic E-state index is -0.433. The molecule has 0 radical (unpaired) electrons. The number of likely N-dealkylation sites (tertiary alicyclic amines) is 1. The van der Waals surface area contributed by atoms with Gasteiger partial charge in [0.15, 0.2) is 0 Å². The number of nitrogens with one attached hydrogen (secondary N) is 1. The van der Waals surface area contributed by atoms with E-state index < -0.39 is 6.09 Å². The number of amides is 3. The molecule has 4 rings (SSSR count). The number of rotatable bonds is 5. The predicted octanol–water partition coefficient (Wildman–Crippen LogP) is 4.92. The molecule has 0 saturated carbocycles. The van der Waals surface area contributed by atoms with Gasteiger partial charge >= 0.3 is 6.09 Å². The van der Waals surface area contributed by atoms with Crippen molar-refractivity contribution in [2.24, 2.45) is 5.92 Å². The molecule has 7 nitrogen and oxygen atoms in total. The first-order valence-electron chi connectivity index (χ1n) is 11.6. The number of fused-ring (bicyclic) bond motifs is 1. The van der Waals surface area contributed by atoms with Crippen molar-refractivity contribution in [3.8, 4) is 0 Å². The van der Waals surface area contributed by atoms with Crippen LogP contribution in [0, 0.1) is 5.92 Å². The summed E-state index contributed by atoms with van der Waals surface area (Å²) in [4.78, 5) is 41.3. The predicted molar refractivity (Wildman–Crippen MR) is 133 cm³/mol. The van der Waals surface area contributed by atoms with E-state index in [1.807, 2.05) is 42.5 Å². The second kappa shape index (κ2) is 10.4. The normalized spacial score (nSPS) is 15.6. The van der Waals surface area contributed by atoms with Crippen LogP contribution in [0.4, 0.5) is 16.2 Å². The van der Waals surface area contributed by atoms with Gasteiger partial charge in [0.1, 0.15) is 0 Å². The molecule has 3 aromatic rings. The fraction of sp³-hybridized carbons (Fsp3) is 0.296. The smallest absolute Gasteiger partial charge is 0.413 e. The molecule has 1 atom stereocenters. The van der Waals surface area contributed by atoms with E-state index in [9.17, 15) is 14.4 Å². The standard InChI is InChI=1S/C27H29N3O4/c1-3-34-27(33)29(2)22-15-13-21(14-16-22)28-25(31)20-10-7-17-30(18-20)26(32)24-12-6-9-19-8-4-5-11-23(19)24/h4-6,8-9,11-16,20H,3,7,10,17-18H2,1-2H3,(H,28,31). The number of nitrogens with zero attached hydrogens (tertiary/aromatic N) is 2. The number of hydrogen-bond donors (Lipinski definition) is 1. The Morgan fingerprint density at radius 2 is 1.76 bits per heavy atom. The van der Waals surface area contributed by atoms with Gasteiger partial charge in [-0.05, 0) is 60.9 Å². The summed E-state index contributed by atoms with van der Waals surface area (Å²) in [5.74, 6) is -0.433. The molecule has 1 saturated heterocycles. The summed E-state index contributed by atoms with van der Waals surface area (Å²) >= 11 is 0. The van der Waals surface area contributed by atoms with E-state index in [2.05, 4.69) is 5.32 Å². The van der Waals surface area contributed by atoms with Gasteiger partial charge in [-0.3, -0.25) is 14.5 Å². The molecule has 1 fully saturated rings. The molecule has 1 aliphatic heterocycles. The molecule has 1 heterocycles. The van der Waals surface area contributed by atoms with E-state index >= 15 is 0 Å². The maximum absolute atomic E-state index is 13.3. The lowest BCUT2D eigenvalue weighted by molar-refractivity contribution is -0.121. The average molecular weight is 460 g/mol. The van der Waals surface area contributed by atoms with E-state index in [0.717, 1.165) is 23.6 Å². The average Bonchev–Trinajstić information content (AvgIpc) is 2.88. The van der Waals surface area contributed by atoms with Gasteiger partial charge in [-0.25, -0.2) is 4.79 Å². The monoisotopic (exact) mass is 459 g/mol. The molecule has 0 aliphatic carbocycles. The maximum atomic E-state index is 13.3. The van der Waals surface area contributed by atoms with Gasteiger partial charge < -0.3 is 15.0 Å². The Bertz CT molecular complexity index is 1190. The lowest BCUT2D eigenvalue weighted by Gasteiger charge is -2.32. The molecule has 0 bridgehead atoms. The number of ether oxygens (including phenoxy) is 1. The zero-order valence-electron chi connectivity index (χ0n) is 19.5. The lowest BCUT2D eigenvalue weighted by atomic mass is 9.95. The largest absolute Gasteiger partial charge is 0.449 e. The second-order valence-corrected chi connectivity index (χ2v) is 8.41. The highest BCUT2D eigenvalue weighted by atomic mass is 16.6. The fourth-order valence-corrected chi connectivity index (χ4v) is 4.30. The van der Waals surface area contributed by atoms with Crippen molar-refractivity contribution >= 4 is 40.1 Å². The highest BCUT2D eigenvalue weighted by Gasteiger charge is 2.29. The van der Waals surface area contributed by atoms with Crippen molar-refractivity contribution < 1.29 is 19.1 Å². The highest BCUT2D eigenvalue weighted by Crippen LogP contribution is 2.25. The molecular weight excluding hydrogens is 430 g/mol. The summed E-state index contributed by atoms with van der Waals surface area (Å²) in [5, 5.41) is 4.90. The van der Waals surface area contributed by atoms with Crippen molar-refractivity contribution in [2.45, 2.75) is 19.8 Å². The first-order valence-corrected chi connectivity index (χ1v) is 11.6. The third-order valence-electron chi connectivity index (χ3n) is 6.16. The highest BCUT2D eigenvalue weighted by molar-refractivity contribution is 6.07. The Hall–Kier alpha value is -3.87. The van der Waals surface area contributed by atoms with E-state index in [1.165, 1.54) is 4.90 Å². The maximum Gasteiger partial charge on any atom is 0.413 e. The summed E-state index contributed by atoms with van der Waals surface area (Å²) in [6.07, 6.45) is 1.07. The van der Waals surface area contributed by atoms with Crippen molar-refractivity contribution in [2.75, 3.05) is 37.0 Å². The Balaban J connectivity index is 1.41. The minimum Gasteiger partial charge on any atom is -0.449 e. The number of hydrogen-bond acceptors (Lipinski definition) is 4.